The van der Waals surface area contributed by atoms with Crippen molar-refractivity contribution in [2.45, 2.75) is 26.2 Å². The lowest BCUT2D eigenvalue weighted by Crippen LogP contribution is -2.40. The van der Waals surface area contributed by atoms with Gasteiger partial charge >= 0.3 is 0 Å². The van der Waals surface area contributed by atoms with Crippen molar-refractivity contribution >= 4 is 17.5 Å². The van der Waals surface area contributed by atoms with Crippen molar-refractivity contribution < 1.29 is 9.90 Å². The number of alkyl halides is 1. The van der Waals surface area contributed by atoms with Gasteiger partial charge in [0.2, 0.25) is 0 Å². The van der Waals surface area contributed by atoms with Crippen LogP contribution < -0.4 is 0 Å². The zero-order chi connectivity index (χ0) is 13.8. The Morgan fingerprint density at radius 3 is 3.05 bits per heavy atom. The summed E-state index contributed by atoms with van der Waals surface area (Å²) < 4.78 is 0. The Kier molecular flexibility index (Phi) is 4.70. The van der Waals surface area contributed by atoms with E-state index >= 15 is 0 Å². The quantitative estimate of drug-likeness (QED) is 0.865. The van der Waals surface area contributed by atoms with Crippen molar-refractivity contribution in [3.05, 3.63) is 29.3 Å². The number of rotatable bonds is 3. The van der Waals surface area contributed by atoms with Crippen molar-refractivity contribution in [1.82, 2.24) is 4.90 Å². The first-order valence-corrected chi connectivity index (χ1v) is 7.30. The normalized spacial score (nSPS) is 19.5. The van der Waals surface area contributed by atoms with Crippen LogP contribution in [0.5, 0.6) is 5.75 Å². The molecule has 1 aliphatic rings. The smallest absolute Gasteiger partial charge is 0.254 e. The second-order valence-electron chi connectivity index (χ2n) is 5.19. The Hall–Kier alpha value is -1.22. The van der Waals surface area contributed by atoms with E-state index in [0.717, 1.165) is 32.4 Å². The number of carbonyl (C=O) groups is 1. The first kappa shape index (κ1) is 14.2. The minimum Gasteiger partial charge on any atom is -0.508 e. The number of phenols is 1. The molecule has 1 aromatic carbocycles. The molecule has 1 atom stereocenters. The van der Waals surface area contributed by atoms with Crippen LogP contribution in [-0.2, 0) is 0 Å². The number of hydrogen-bond acceptors (Lipinski definition) is 2. The molecule has 4 heteroatoms. The van der Waals surface area contributed by atoms with Gasteiger partial charge in [0.05, 0.1) is 0 Å². The lowest BCUT2D eigenvalue weighted by Gasteiger charge is -2.33. The predicted molar refractivity (Wildman–Crippen MR) is 76.8 cm³/mol. The van der Waals surface area contributed by atoms with Gasteiger partial charge in [-0.15, -0.1) is 11.6 Å². The van der Waals surface area contributed by atoms with Gasteiger partial charge in [-0.1, -0.05) is 6.07 Å². The molecule has 104 valence electrons. The number of aromatic hydroxyl groups is 1. The van der Waals surface area contributed by atoms with E-state index < -0.39 is 0 Å². The first-order valence-electron chi connectivity index (χ1n) is 6.77. The van der Waals surface area contributed by atoms with Crippen molar-refractivity contribution in [3.63, 3.8) is 0 Å². The summed E-state index contributed by atoms with van der Waals surface area (Å²) in [6.07, 6.45) is 3.14. The molecule has 1 aliphatic heterocycles. The molecule has 0 spiro atoms. The minimum absolute atomic E-state index is 0.0210. The van der Waals surface area contributed by atoms with E-state index in [0.29, 0.717) is 22.9 Å². The molecule has 0 aromatic heterocycles. The van der Waals surface area contributed by atoms with E-state index in [4.69, 9.17) is 11.6 Å². The predicted octanol–water partition coefficient (Wildman–Crippen LogP) is 3.18. The average Bonchev–Trinajstić information content (AvgIpc) is 2.42. The molecule has 1 aromatic rings. The third-order valence-electron chi connectivity index (χ3n) is 3.86. The Bertz CT molecular complexity index is 459. The lowest BCUT2D eigenvalue weighted by molar-refractivity contribution is 0.0670. The van der Waals surface area contributed by atoms with Crippen LogP contribution in [0.2, 0.25) is 0 Å². The van der Waals surface area contributed by atoms with E-state index in [1.54, 1.807) is 25.1 Å². The van der Waals surface area contributed by atoms with E-state index in [2.05, 4.69) is 0 Å². The van der Waals surface area contributed by atoms with E-state index in [9.17, 15) is 9.90 Å². The highest BCUT2D eigenvalue weighted by Gasteiger charge is 2.25. The fourth-order valence-electron chi connectivity index (χ4n) is 2.66. The standard InChI is InChI=1S/C15H20ClNO2/c1-11-13(5-2-6-14(11)18)15(19)17-9-3-4-12(10-17)7-8-16/h2,5-6,12,18H,3-4,7-10H2,1H3. The molecular weight excluding hydrogens is 262 g/mol. The van der Waals surface area contributed by atoms with Crippen LogP contribution in [0.4, 0.5) is 0 Å². The number of nitrogens with zero attached hydrogens (tertiary/aromatic N) is 1. The Labute approximate surface area is 119 Å². The number of amides is 1. The largest absolute Gasteiger partial charge is 0.508 e. The summed E-state index contributed by atoms with van der Waals surface area (Å²) in [5, 5.41) is 9.70. The summed E-state index contributed by atoms with van der Waals surface area (Å²) in [7, 11) is 0. The fourth-order valence-corrected chi connectivity index (χ4v) is 2.97. The van der Waals surface area contributed by atoms with Gasteiger partial charge in [-0.05, 0) is 44.2 Å². The van der Waals surface area contributed by atoms with Gasteiger partial charge in [0.1, 0.15) is 5.75 Å². The third-order valence-corrected chi connectivity index (χ3v) is 4.08. The molecule has 1 saturated heterocycles. The van der Waals surface area contributed by atoms with Gasteiger partial charge in [-0.2, -0.15) is 0 Å². The Morgan fingerprint density at radius 1 is 1.53 bits per heavy atom. The number of carbonyl (C=O) groups excluding carboxylic acids is 1. The summed E-state index contributed by atoms with van der Waals surface area (Å²) in [4.78, 5) is 14.4. The van der Waals surface area contributed by atoms with Gasteiger partial charge in [0.15, 0.2) is 0 Å². The van der Waals surface area contributed by atoms with Crippen molar-refractivity contribution in [2.24, 2.45) is 5.92 Å². The fraction of sp³-hybridized carbons (Fsp3) is 0.533. The Balaban J connectivity index is 2.12. The summed E-state index contributed by atoms with van der Waals surface area (Å²) in [6, 6.07) is 5.11. The zero-order valence-electron chi connectivity index (χ0n) is 11.2. The van der Waals surface area contributed by atoms with Crippen LogP contribution >= 0.6 is 11.6 Å². The van der Waals surface area contributed by atoms with Crippen LogP contribution in [-0.4, -0.2) is 34.9 Å². The number of likely N-dealkylation sites (tertiary alicyclic amines) is 1. The monoisotopic (exact) mass is 281 g/mol. The summed E-state index contributed by atoms with van der Waals surface area (Å²) in [6.45, 7) is 3.36. The van der Waals surface area contributed by atoms with Crippen LogP contribution in [0.15, 0.2) is 18.2 Å². The van der Waals surface area contributed by atoms with Crippen LogP contribution in [0.25, 0.3) is 0 Å². The highest BCUT2D eigenvalue weighted by molar-refractivity contribution is 6.17. The lowest BCUT2D eigenvalue weighted by atomic mass is 9.94. The summed E-state index contributed by atoms with van der Waals surface area (Å²) >= 11 is 5.79. The molecule has 1 N–H and O–H groups in total. The van der Waals surface area contributed by atoms with E-state index in [1.165, 1.54) is 0 Å². The average molecular weight is 282 g/mol. The highest BCUT2D eigenvalue weighted by Crippen LogP contribution is 2.25. The number of phenolic OH excluding ortho intramolecular Hbond substituents is 1. The molecule has 0 aliphatic carbocycles. The molecular formula is C15H20ClNO2. The van der Waals surface area contributed by atoms with Crippen molar-refractivity contribution in [2.75, 3.05) is 19.0 Å². The highest BCUT2D eigenvalue weighted by atomic mass is 35.5. The second-order valence-corrected chi connectivity index (χ2v) is 5.56. The SMILES string of the molecule is Cc1c(O)cccc1C(=O)N1CCCC(CCCl)C1. The molecule has 2 rings (SSSR count). The minimum atomic E-state index is 0.0210. The van der Waals surface area contributed by atoms with Crippen molar-refractivity contribution in [1.29, 1.82) is 0 Å². The van der Waals surface area contributed by atoms with Gasteiger partial charge in [0.25, 0.3) is 5.91 Å². The molecule has 3 nitrogen and oxygen atoms in total. The molecule has 1 fully saturated rings. The van der Waals surface area contributed by atoms with Gasteiger partial charge in [-0.3, -0.25) is 4.79 Å². The third kappa shape index (κ3) is 3.21. The first-order chi connectivity index (χ1) is 9.13. The van der Waals surface area contributed by atoms with Gasteiger partial charge < -0.3 is 10.0 Å². The van der Waals surface area contributed by atoms with E-state index in [-0.39, 0.29) is 11.7 Å². The number of piperidine rings is 1. The molecule has 0 saturated carbocycles. The number of hydrogen-bond donors (Lipinski definition) is 1. The summed E-state index contributed by atoms with van der Waals surface area (Å²) in [5.41, 5.74) is 1.26. The molecule has 19 heavy (non-hydrogen) atoms. The van der Waals surface area contributed by atoms with Crippen LogP contribution in [0, 0.1) is 12.8 Å². The maximum absolute atomic E-state index is 12.5. The van der Waals surface area contributed by atoms with Gasteiger partial charge in [0, 0.05) is 30.1 Å². The maximum Gasteiger partial charge on any atom is 0.254 e. The van der Waals surface area contributed by atoms with Crippen molar-refractivity contribution in [3.8, 4) is 5.75 Å². The molecule has 1 unspecified atom stereocenters. The Morgan fingerprint density at radius 2 is 2.32 bits per heavy atom. The summed E-state index contributed by atoms with van der Waals surface area (Å²) in [5.74, 6) is 1.36. The zero-order valence-corrected chi connectivity index (χ0v) is 12.0. The molecule has 0 radical (unpaired) electrons. The van der Waals surface area contributed by atoms with Crippen LogP contribution in [0.1, 0.15) is 35.2 Å². The molecule has 1 amide bonds. The topological polar surface area (TPSA) is 40.5 Å². The molecule has 1 heterocycles. The van der Waals surface area contributed by atoms with Gasteiger partial charge in [-0.25, -0.2) is 0 Å². The molecule has 0 bridgehead atoms. The second kappa shape index (κ2) is 6.29. The number of benzene rings is 1. The number of halogens is 1. The van der Waals surface area contributed by atoms with E-state index in [1.807, 2.05) is 4.90 Å². The van der Waals surface area contributed by atoms with Crippen LogP contribution in [0.3, 0.4) is 0 Å². The maximum atomic E-state index is 12.5.